The van der Waals surface area contributed by atoms with E-state index in [4.69, 9.17) is 4.55 Å². The average Bonchev–Trinajstić information content (AvgIpc) is 1.82. The lowest BCUT2D eigenvalue weighted by Gasteiger charge is -2.14. The zero-order chi connectivity index (χ0) is 7.28. The van der Waals surface area contributed by atoms with Gasteiger partial charge in [0.15, 0.2) is 11.1 Å². The molecule has 0 aromatic heterocycles. The van der Waals surface area contributed by atoms with Crippen LogP contribution in [-0.2, 0) is 11.1 Å². The van der Waals surface area contributed by atoms with Gasteiger partial charge in [-0.15, -0.1) is 0 Å². The maximum Gasteiger partial charge on any atom is 0.167 e. The molecule has 0 aromatic carbocycles. The van der Waals surface area contributed by atoms with Crippen molar-refractivity contribution in [2.24, 2.45) is 0 Å². The van der Waals surface area contributed by atoms with Crippen LogP contribution in [0.4, 0.5) is 0 Å². The molecule has 56 valence electrons. The highest BCUT2D eigenvalue weighted by atomic mass is 32.2. The van der Waals surface area contributed by atoms with Gasteiger partial charge in [0.1, 0.15) is 5.88 Å². The molecule has 0 fully saturated rings. The van der Waals surface area contributed by atoms with Crippen LogP contribution in [0.2, 0.25) is 0 Å². The van der Waals surface area contributed by atoms with Crippen LogP contribution in [0.3, 0.4) is 0 Å². The molecule has 0 saturated heterocycles. The molecule has 1 N–H and O–H groups in total. The third-order valence-electron chi connectivity index (χ3n) is 1.19. The number of hydrogen-bond acceptors (Lipinski definition) is 2. The Morgan fingerprint density at radius 1 is 1.44 bits per heavy atom. The second kappa shape index (κ2) is 4.90. The summed E-state index contributed by atoms with van der Waals surface area (Å²) in [6.45, 7) is 5.61. The molecule has 4 heteroatoms. The van der Waals surface area contributed by atoms with E-state index in [0.717, 1.165) is 13.1 Å². The van der Waals surface area contributed by atoms with Crippen LogP contribution in [0, 0.1) is 0 Å². The molecular weight excluding hydrogens is 138 g/mol. The number of hydrogen-bond donors (Lipinski definition) is 1. The SMILES string of the molecule is CCN(CC)CS(=O)O. The first-order chi connectivity index (χ1) is 4.20. The predicted octanol–water partition coefficient (Wildman–Crippen LogP) is 0.507. The Hall–Kier alpha value is 0.0700. The van der Waals surface area contributed by atoms with Gasteiger partial charge in [-0.05, 0) is 13.1 Å². The van der Waals surface area contributed by atoms with Gasteiger partial charge in [0, 0.05) is 0 Å². The van der Waals surface area contributed by atoms with Crippen molar-refractivity contribution in [3.05, 3.63) is 0 Å². The molecule has 0 aliphatic carbocycles. The Balaban J connectivity index is 3.43. The average molecular weight is 151 g/mol. The van der Waals surface area contributed by atoms with Gasteiger partial charge in [0.2, 0.25) is 0 Å². The van der Waals surface area contributed by atoms with Crippen molar-refractivity contribution < 1.29 is 8.76 Å². The van der Waals surface area contributed by atoms with Crippen molar-refractivity contribution in [1.29, 1.82) is 0 Å². The van der Waals surface area contributed by atoms with Crippen LogP contribution in [0.5, 0.6) is 0 Å². The van der Waals surface area contributed by atoms with Crippen LogP contribution in [0.15, 0.2) is 0 Å². The fourth-order valence-corrected chi connectivity index (χ4v) is 1.24. The standard InChI is InChI=1S/C5H13NO2S/c1-3-6(4-2)5-9(7)8/h3-5H2,1-2H3,(H,7,8). The molecule has 3 nitrogen and oxygen atoms in total. The first-order valence-corrected chi connectivity index (χ1v) is 4.28. The normalized spacial score (nSPS) is 14.2. The molecule has 0 bridgehead atoms. The quantitative estimate of drug-likeness (QED) is 0.595. The summed E-state index contributed by atoms with van der Waals surface area (Å²) >= 11 is -1.67. The summed E-state index contributed by atoms with van der Waals surface area (Å²) in [5, 5.41) is 0. The predicted molar refractivity (Wildman–Crippen MR) is 38.6 cm³/mol. The molecule has 0 saturated carbocycles. The van der Waals surface area contributed by atoms with Crippen molar-refractivity contribution in [2.75, 3.05) is 19.0 Å². The highest BCUT2D eigenvalue weighted by Crippen LogP contribution is 1.86. The molecule has 0 aromatic rings. The molecule has 0 spiro atoms. The van der Waals surface area contributed by atoms with E-state index in [1.165, 1.54) is 0 Å². The fraction of sp³-hybridized carbons (Fsp3) is 1.00. The van der Waals surface area contributed by atoms with Gasteiger partial charge in [-0.25, -0.2) is 4.21 Å². The van der Waals surface area contributed by atoms with E-state index in [1.54, 1.807) is 0 Å². The monoisotopic (exact) mass is 151 g/mol. The maximum absolute atomic E-state index is 10.2. The van der Waals surface area contributed by atoms with E-state index in [1.807, 2.05) is 18.7 Å². The Morgan fingerprint density at radius 2 is 1.89 bits per heavy atom. The van der Waals surface area contributed by atoms with Gasteiger partial charge >= 0.3 is 0 Å². The van der Waals surface area contributed by atoms with Gasteiger partial charge < -0.3 is 4.55 Å². The minimum Gasteiger partial charge on any atom is -0.305 e. The lowest BCUT2D eigenvalue weighted by molar-refractivity contribution is 0.345. The second-order valence-corrected chi connectivity index (χ2v) is 2.66. The summed E-state index contributed by atoms with van der Waals surface area (Å²) in [5.74, 6) is 0.271. The molecule has 0 aliphatic heterocycles. The molecule has 0 rings (SSSR count). The summed E-state index contributed by atoms with van der Waals surface area (Å²) in [6.07, 6.45) is 0. The van der Waals surface area contributed by atoms with Gasteiger partial charge in [0.05, 0.1) is 0 Å². The van der Waals surface area contributed by atoms with Crippen molar-refractivity contribution in [2.45, 2.75) is 13.8 Å². The van der Waals surface area contributed by atoms with Crippen molar-refractivity contribution in [3.8, 4) is 0 Å². The number of rotatable bonds is 4. The molecular formula is C5H13NO2S. The second-order valence-electron chi connectivity index (χ2n) is 1.75. The molecule has 9 heavy (non-hydrogen) atoms. The van der Waals surface area contributed by atoms with Gasteiger partial charge in [-0.3, -0.25) is 4.90 Å². The van der Waals surface area contributed by atoms with Crippen LogP contribution >= 0.6 is 0 Å². The van der Waals surface area contributed by atoms with Crippen molar-refractivity contribution in [3.63, 3.8) is 0 Å². The molecule has 1 atom stereocenters. The first-order valence-electron chi connectivity index (χ1n) is 3.00. The minimum absolute atomic E-state index is 0.271. The topological polar surface area (TPSA) is 40.5 Å². The lowest BCUT2D eigenvalue weighted by Crippen LogP contribution is -2.26. The van der Waals surface area contributed by atoms with Crippen molar-refractivity contribution in [1.82, 2.24) is 4.90 Å². The number of nitrogens with zero attached hydrogens (tertiary/aromatic N) is 1. The lowest BCUT2D eigenvalue weighted by atomic mass is 10.6. The molecule has 0 aliphatic rings. The Labute approximate surface area is 58.3 Å². The third-order valence-corrected chi connectivity index (χ3v) is 1.77. The highest BCUT2D eigenvalue weighted by molar-refractivity contribution is 7.79. The summed E-state index contributed by atoms with van der Waals surface area (Å²) in [5.41, 5.74) is 0. The van der Waals surface area contributed by atoms with Crippen LogP contribution < -0.4 is 0 Å². The zero-order valence-corrected chi connectivity index (χ0v) is 6.65. The molecule has 1 unspecified atom stereocenters. The van der Waals surface area contributed by atoms with Crippen molar-refractivity contribution >= 4 is 11.1 Å². The van der Waals surface area contributed by atoms with Gasteiger partial charge in [-0.1, -0.05) is 13.8 Å². The van der Waals surface area contributed by atoms with Crippen LogP contribution in [0.25, 0.3) is 0 Å². The smallest absolute Gasteiger partial charge is 0.167 e. The highest BCUT2D eigenvalue weighted by Gasteiger charge is 2.00. The Morgan fingerprint density at radius 3 is 2.00 bits per heavy atom. The Kier molecular flexibility index (Phi) is 4.94. The minimum atomic E-state index is -1.67. The first kappa shape index (κ1) is 9.07. The summed E-state index contributed by atoms with van der Waals surface area (Å²) in [6, 6.07) is 0. The van der Waals surface area contributed by atoms with Gasteiger partial charge in [0.25, 0.3) is 0 Å². The summed E-state index contributed by atoms with van der Waals surface area (Å²) < 4.78 is 18.6. The Bertz CT molecular complexity index is 93.0. The fourth-order valence-electron chi connectivity index (χ4n) is 0.562. The zero-order valence-electron chi connectivity index (χ0n) is 5.83. The molecule has 0 amide bonds. The van der Waals surface area contributed by atoms with Crippen LogP contribution in [0.1, 0.15) is 13.8 Å². The van der Waals surface area contributed by atoms with E-state index < -0.39 is 11.1 Å². The van der Waals surface area contributed by atoms with E-state index in [-0.39, 0.29) is 5.88 Å². The summed E-state index contributed by atoms with van der Waals surface area (Å²) in [4.78, 5) is 1.90. The molecule has 0 radical (unpaired) electrons. The van der Waals surface area contributed by atoms with E-state index in [2.05, 4.69) is 0 Å². The largest absolute Gasteiger partial charge is 0.305 e. The van der Waals surface area contributed by atoms with E-state index in [9.17, 15) is 4.21 Å². The third kappa shape index (κ3) is 4.57. The van der Waals surface area contributed by atoms with Crippen LogP contribution in [-0.4, -0.2) is 32.6 Å². The van der Waals surface area contributed by atoms with E-state index in [0.29, 0.717) is 0 Å². The summed E-state index contributed by atoms with van der Waals surface area (Å²) in [7, 11) is 0. The van der Waals surface area contributed by atoms with E-state index >= 15 is 0 Å². The maximum atomic E-state index is 10.2. The molecule has 0 heterocycles. The van der Waals surface area contributed by atoms with Gasteiger partial charge in [-0.2, -0.15) is 0 Å².